The van der Waals surface area contributed by atoms with E-state index in [0.29, 0.717) is 0 Å². The summed E-state index contributed by atoms with van der Waals surface area (Å²) < 4.78 is 0. The SMILES string of the molecule is CN(C)c1ccc([Si](C)(C)CCCc2cc[c]cc2)cc1. The second-order valence-corrected chi connectivity index (χ2v) is 11.4. The van der Waals surface area contributed by atoms with E-state index >= 15 is 0 Å². The molecule has 2 aromatic rings. The van der Waals surface area contributed by atoms with Crippen molar-refractivity contribution in [2.45, 2.75) is 32.0 Å². The number of aryl methyl sites for hydroxylation is 1. The number of anilines is 1. The highest BCUT2D eigenvalue weighted by Gasteiger charge is 2.22. The average Bonchev–Trinajstić information content (AvgIpc) is 2.48. The predicted molar refractivity (Wildman–Crippen MR) is 96.3 cm³/mol. The molecule has 0 atom stereocenters. The molecule has 1 nitrogen and oxygen atoms in total. The normalized spacial score (nSPS) is 11.4. The molecule has 0 aliphatic carbocycles. The van der Waals surface area contributed by atoms with Crippen molar-refractivity contribution in [1.82, 2.24) is 0 Å². The van der Waals surface area contributed by atoms with E-state index in [1.807, 2.05) is 12.1 Å². The Morgan fingerprint density at radius 3 is 2.14 bits per heavy atom. The summed E-state index contributed by atoms with van der Waals surface area (Å²) in [4.78, 5) is 2.16. The lowest BCUT2D eigenvalue weighted by atomic mass is 10.1. The molecule has 0 heterocycles. The lowest BCUT2D eigenvalue weighted by Gasteiger charge is -2.24. The van der Waals surface area contributed by atoms with Crippen LogP contribution in [0, 0.1) is 6.07 Å². The second-order valence-electron chi connectivity index (χ2n) is 6.59. The molecule has 0 fully saturated rings. The van der Waals surface area contributed by atoms with E-state index in [0.717, 1.165) is 0 Å². The van der Waals surface area contributed by atoms with Crippen molar-refractivity contribution < 1.29 is 0 Å². The summed E-state index contributed by atoms with van der Waals surface area (Å²) in [6.45, 7) is 4.97. The number of rotatable bonds is 6. The fourth-order valence-electron chi connectivity index (χ4n) is 2.68. The molecular formula is C19H26NSi. The first kappa shape index (κ1) is 15.8. The van der Waals surface area contributed by atoms with Crippen LogP contribution >= 0.6 is 0 Å². The van der Waals surface area contributed by atoms with E-state index in [4.69, 9.17) is 0 Å². The van der Waals surface area contributed by atoms with Gasteiger partial charge in [-0.15, -0.1) is 0 Å². The Kier molecular flexibility index (Phi) is 5.24. The van der Waals surface area contributed by atoms with Gasteiger partial charge in [0.1, 0.15) is 0 Å². The second kappa shape index (κ2) is 6.95. The maximum Gasteiger partial charge on any atom is 0.0806 e. The predicted octanol–water partition coefficient (Wildman–Crippen LogP) is 4.10. The van der Waals surface area contributed by atoms with Crippen LogP contribution in [0.4, 0.5) is 5.69 Å². The van der Waals surface area contributed by atoms with Crippen molar-refractivity contribution in [3.63, 3.8) is 0 Å². The average molecular weight is 297 g/mol. The summed E-state index contributed by atoms with van der Waals surface area (Å²) in [5.74, 6) is 0. The maximum atomic E-state index is 3.08. The van der Waals surface area contributed by atoms with Crippen LogP contribution in [0.3, 0.4) is 0 Å². The van der Waals surface area contributed by atoms with Gasteiger partial charge in [0.2, 0.25) is 0 Å². The van der Waals surface area contributed by atoms with Gasteiger partial charge in [0.15, 0.2) is 0 Å². The van der Waals surface area contributed by atoms with Gasteiger partial charge in [-0.05, 0) is 30.2 Å². The van der Waals surface area contributed by atoms with Crippen LogP contribution in [0.2, 0.25) is 19.1 Å². The summed E-state index contributed by atoms with van der Waals surface area (Å²) in [7, 11) is 2.87. The lowest BCUT2D eigenvalue weighted by molar-refractivity contribution is 0.904. The zero-order valence-corrected chi connectivity index (χ0v) is 14.7. The number of nitrogens with zero attached hydrogens (tertiary/aromatic N) is 1. The van der Waals surface area contributed by atoms with E-state index in [1.165, 1.54) is 30.1 Å². The van der Waals surface area contributed by atoms with E-state index in [9.17, 15) is 0 Å². The molecule has 0 aromatic heterocycles. The molecule has 0 bridgehead atoms. The van der Waals surface area contributed by atoms with Crippen LogP contribution < -0.4 is 10.1 Å². The van der Waals surface area contributed by atoms with Crippen molar-refractivity contribution >= 4 is 18.9 Å². The first-order valence-corrected chi connectivity index (χ1v) is 10.9. The molecular weight excluding hydrogens is 270 g/mol. The van der Waals surface area contributed by atoms with Crippen LogP contribution in [-0.2, 0) is 6.42 Å². The van der Waals surface area contributed by atoms with Gasteiger partial charge < -0.3 is 4.90 Å². The number of hydrogen-bond acceptors (Lipinski definition) is 1. The van der Waals surface area contributed by atoms with Crippen LogP contribution in [0.5, 0.6) is 0 Å². The van der Waals surface area contributed by atoms with E-state index < -0.39 is 8.07 Å². The topological polar surface area (TPSA) is 3.24 Å². The van der Waals surface area contributed by atoms with Gasteiger partial charge in [-0.25, -0.2) is 0 Å². The summed E-state index contributed by atoms with van der Waals surface area (Å²) in [5.41, 5.74) is 2.71. The monoisotopic (exact) mass is 296 g/mol. The lowest BCUT2D eigenvalue weighted by Crippen LogP contribution is -2.41. The van der Waals surface area contributed by atoms with Gasteiger partial charge in [0.05, 0.1) is 8.07 Å². The van der Waals surface area contributed by atoms with Crippen molar-refractivity contribution in [2.75, 3.05) is 19.0 Å². The molecule has 0 unspecified atom stereocenters. The minimum Gasteiger partial charge on any atom is -0.378 e. The Bertz CT molecular complexity index is 544. The smallest absolute Gasteiger partial charge is 0.0806 e. The molecule has 0 aliphatic rings. The van der Waals surface area contributed by atoms with E-state index in [2.05, 4.69) is 74.6 Å². The summed E-state index contributed by atoms with van der Waals surface area (Å²) >= 11 is 0. The van der Waals surface area contributed by atoms with Crippen LogP contribution in [-0.4, -0.2) is 22.2 Å². The van der Waals surface area contributed by atoms with E-state index in [-0.39, 0.29) is 0 Å². The zero-order chi connectivity index (χ0) is 15.3. The molecule has 0 saturated carbocycles. The Hall–Kier alpha value is -1.54. The van der Waals surface area contributed by atoms with Gasteiger partial charge in [0.25, 0.3) is 0 Å². The van der Waals surface area contributed by atoms with E-state index in [1.54, 1.807) is 5.19 Å². The number of benzene rings is 2. The molecule has 111 valence electrons. The van der Waals surface area contributed by atoms with Gasteiger partial charge in [-0.3, -0.25) is 0 Å². The minimum absolute atomic E-state index is 1.18. The van der Waals surface area contributed by atoms with Crippen molar-refractivity contribution in [3.05, 3.63) is 60.2 Å². The standard InChI is InChI=1S/C19H26NSi/c1-20(2)18-12-14-19(15-13-18)21(3,4)16-8-11-17-9-6-5-7-10-17/h6-7,9-10,12-15H,8,11,16H2,1-4H3. The third kappa shape index (κ3) is 4.47. The first-order chi connectivity index (χ1) is 9.99. The Balaban J connectivity index is 1.94. The minimum atomic E-state index is -1.32. The Labute approximate surface area is 130 Å². The van der Waals surface area contributed by atoms with Gasteiger partial charge in [-0.1, -0.05) is 67.1 Å². The fourth-order valence-corrected chi connectivity index (χ4v) is 5.10. The van der Waals surface area contributed by atoms with Crippen molar-refractivity contribution in [1.29, 1.82) is 0 Å². The molecule has 0 saturated heterocycles. The molecule has 2 aromatic carbocycles. The third-order valence-electron chi connectivity index (χ3n) is 4.22. The molecule has 0 amide bonds. The molecule has 2 rings (SSSR count). The van der Waals surface area contributed by atoms with Gasteiger partial charge >= 0.3 is 0 Å². The first-order valence-electron chi connectivity index (χ1n) is 7.72. The van der Waals surface area contributed by atoms with Gasteiger partial charge in [0, 0.05) is 19.8 Å². The molecule has 0 N–H and O–H groups in total. The molecule has 21 heavy (non-hydrogen) atoms. The van der Waals surface area contributed by atoms with Gasteiger partial charge in [-0.2, -0.15) is 0 Å². The summed E-state index contributed by atoms with van der Waals surface area (Å²) in [6, 6.07) is 22.0. The quantitative estimate of drug-likeness (QED) is 0.725. The number of hydrogen-bond donors (Lipinski definition) is 0. The third-order valence-corrected chi connectivity index (χ3v) is 7.72. The molecule has 1 radical (unpaired) electrons. The zero-order valence-electron chi connectivity index (χ0n) is 13.7. The molecule has 0 aliphatic heterocycles. The Morgan fingerprint density at radius 1 is 0.952 bits per heavy atom. The maximum absolute atomic E-state index is 3.08. The highest BCUT2D eigenvalue weighted by atomic mass is 28.3. The molecule has 0 spiro atoms. The van der Waals surface area contributed by atoms with Crippen LogP contribution in [0.15, 0.2) is 48.5 Å². The molecule has 2 heteroatoms. The van der Waals surface area contributed by atoms with Crippen molar-refractivity contribution in [3.8, 4) is 0 Å². The fraction of sp³-hybridized carbons (Fsp3) is 0.368. The largest absolute Gasteiger partial charge is 0.378 e. The summed E-state index contributed by atoms with van der Waals surface area (Å²) in [6.07, 6.45) is 2.46. The highest BCUT2D eigenvalue weighted by Crippen LogP contribution is 2.17. The van der Waals surface area contributed by atoms with Crippen molar-refractivity contribution in [2.24, 2.45) is 0 Å². The van der Waals surface area contributed by atoms with Crippen LogP contribution in [0.1, 0.15) is 12.0 Å². The highest BCUT2D eigenvalue weighted by molar-refractivity contribution is 6.89. The summed E-state index contributed by atoms with van der Waals surface area (Å²) in [5, 5.41) is 1.56. The Morgan fingerprint density at radius 2 is 1.57 bits per heavy atom. The van der Waals surface area contributed by atoms with Crippen LogP contribution in [0.25, 0.3) is 0 Å².